The van der Waals surface area contributed by atoms with Crippen LogP contribution in [0, 0.1) is 0 Å². The van der Waals surface area contributed by atoms with Gasteiger partial charge in [-0.05, 0) is 64.2 Å². The molecule has 1 unspecified atom stereocenters. The summed E-state index contributed by atoms with van der Waals surface area (Å²) in [5.74, 6) is -0.988. The van der Waals surface area contributed by atoms with Gasteiger partial charge < -0.3 is 14.2 Å². The van der Waals surface area contributed by atoms with Crippen molar-refractivity contribution in [3.63, 3.8) is 0 Å². The number of rotatable bonds is 43. The normalized spacial score (nSPS) is 13.0. The Morgan fingerprint density at radius 2 is 0.629 bits per heavy atom. The molecule has 0 aromatic rings. The molecule has 1 atom stereocenters. The van der Waals surface area contributed by atoms with Gasteiger partial charge in [0.15, 0.2) is 6.10 Å². The van der Waals surface area contributed by atoms with Crippen LogP contribution in [0.1, 0.15) is 207 Å². The maximum Gasteiger partial charge on any atom is 0.306 e. The van der Waals surface area contributed by atoms with E-state index >= 15 is 0 Å². The Kier molecular flexibility index (Phi) is 46.6. The number of carbonyl (C=O) groups excluding carboxylic acids is 3. The van der Waals surface area contributed by atoms with Gasteiger partial charge in [0, 0.05) is 19.3 Å². The molecule has 0 spiro atoms. The summed E-state index contributed by atoms with van der Waals surface area (Å²) < 4.78 is 16.7. The van der Waals surface area contributed by atoms with Gasteiger partial charge in [0.05, 0.1) is 0 Å². The third-order valence-corrected chi connectivity index (χ3v) is 10.2. The third-order valence-electron chi connectivity index (χ3n) is 10.2. The van der Waals surface area contributed by atoms with Crippen LogP contribution in [0.2, 0.25) is 0 Å². The second-order valence-corrected chi connectivity index (χ2v) is 16.2. The fourth-order valence-electron chi connectivity index (χ4n) is 6.47. The fourth-order valence-corrected chi connectivity index (χ4v) is 6.47. The second kappa shape index (κ2) is 49.7. The first kappa shape index (κ1) is 58.1. The molecule has 0 aliphatic rings. The summed E-state index contributed by atoms with van der Waals surface area (Å²) in [5, 5.41) is 0. The highest BCUT2D eigenvalue weighted by molar-refractivity contribution is 5.71. The highest BCUT2D eigenvalue weighted by atomic mass is 16.6. The van der Waals surface area contributed by atoms with Crippen molar-refractivity contribution in [1.82, 2.24) is 0 Å². The molecular weight excluding hydrogens is 769 g/mol. The average Bonchev–Trinajstić information content (AvgIpc) is 3.27. The van der Waals surface area contributed by atoms with E-state index in [0.29, 0.717) is 12.8 Å². The van der Waals surface area contributed by atoms with Crippen LogP contribution in [-0.2, 0) is 28.6 Å². The maximum absolute atomic E-state index is 12.8. The van der Waals surface area contributed by atoms with E-state index in [1.165, 1.54) is 83.5 Å². The molecule has 0 aliphatic carbocycles. The zero-order valence-corrected chi connectivity index (χ0v) is 39.8. The summed E-state index contributed by atoms with van der Waals surface area (Å²) in [4.78, 5) is 37.8. The lowest BCUT2D eigenvalue weighted by molar-refractivity contribution is -0.167. The Labute approximate surface area is 380 Å². The topological polar surface area (TPSA) is 78.9 Å². The molecule has 0 aromatic heterocycles. The van der Waals surface area contributed by atoms with Crippen molar-refractivity contribution >= 4 is 17.9 Å². The number of hydrogen-bond acceptors (Lipinski definition) is 6. The van der Waals surface area contributed by atoms with E-state index in [1.54, 1.807) is 0 Å². The van der Waals surface area contributed by atoms with E-state index in [1.807, 2.05) is 72.9 Å². The summed E-state index contributed by atoms with van der Waals surface area (Å²) in [5.41, 5.74) is 0. The van der Waals surface area contributed by atoms with E-state index in [0.717, 1.165) is 83.5 Å². The minimum absolute atomic E-state index is 0.105. The van der Waals surface area contributed by atoms with Crippen molar-refractivity contribution in [2.45, 2.75) is 213 Å². The van der Waals surface area contributed by atoms with Crippen LogP contribution in [0.4, 0.5) is 0 Å². The van der Waals surface area contributed by atoms with E-state index in [9.17, 15) is 14.4 Å². The Balaban J connectivity index is 4.51. The number of esters is 3. The first-order chi connectivity index (χ1) is 30.5. The van der Waals surface area contributed by atoms with Gasteiger partial charge in [0.25, 0.3) is 0 Å². The zero-order chi connectivity index (χ0) is 45.1. The van der Waals surface area contributed by atoms with Gasteiger partial charge in [-0.3, -0.25) is 14.4 Å². The van der Waals surface area contributed by atoms with Crippen LogP contribution < -0.4 is 0 Å². The van der Waals surface area contributed by atoms with Gasteiger partial charge in [-0.1, -0.05) is 233 Å². The van der Waals surface area contributed by atoms with Gasteiger partial charge in [-0.25, -0.2) is 0 Å². The molecule has 0 aliphatic heterocycles. The number of carbonyl (C=O) groups is 3. The molecule has 0 saturated heterocycles. The van der Waals surface area contributed by atoms with E-state index in [2.05, 4.69) is 57.2 Å². The lowest BCUT2D eigenvalue weighted by Gasteiger charge is -2.18. The third kappa shape index (κ3) is 47.1. The fraction of sp³-hybridized carbons (Fsp3) is 0.625. The van der Waals surface area contributed by atoms with Crippen molar-refractivity contribution in [3.8, 4) is 0 Å². The summed E-state index contributed by atoms with van der Waals surface area (Å²) in [7, 11) is 0. The summed E-state index contributed by atoms with van der Waals surface area (Å²) in [6.45, 7) is 6.39. The minimum Gasteiger partial charge on any atom is -0.462 e. The Morgan fingerprint density at radius 1 is 0.339 bits per heavy atom. The molecular formula is C56H90O6. The van der Waals surface area contributed by atoms with Crippen LogP contribution in [0.25, 0.3) is 0 Å². The highest BCUT2D eigenvalue weighted by Gasteiger charge is 2.19. The van der Waals surface area contributed by atoms with Crippen LogP contribution >= 0.6 is 0 Å². The van der Waals surface area contributed by atoms with Gasteiger partial charge in [-0.15, -0.1) is 0 Å². The molecule has 0 N–H and O–H groups in total. The van der Waals surface area contributed by atoms with Crippen molar-refractivity contribution in [1.29, 1.82) is 0 Å². The SMILES string of the molecule is CC\C=C/C=C\C=C/C=C\C=C\C=C/C=C\CCCCCC(=O)OCC(COC(=O)CCCCCCCCCCC)OC(=O)CCCCC/C=C\C=C/CCCCCCCCC. The molecule has 62 heavy (non-hydrogen) atoms. The molecule has 350 valence electrons. The maximum atomic E-state index is 12.8. The number of ether oxygens (including phenoxy) is 3. The van der Waals surface area contributed by atoms with E-state index < -0.39 is 6.10 Å². The largest absolute Gasteiger partial charge is 0.462 e. The monoisotopic (exact) mass is 859 g/mol. The highest BCUT2D eigenvalue weighted by Crippen LogP contribution is 2.13. The first-order valence-electron chi connectivity index (χ1n) is 25.0. The molecule has 0 fully saturated rings. The molecule has 6 heteroatoms. The molecule has 0 bridgehead atoms. The molecule has 0 heterocycles. The molecule has 0 saturated carbocycles. The van der Waals surface area contributed by atoms with Crippen LogP contribution in [0.15, 0.2) is 109 Å². The molecule has 6 nitrogen and oxygen atoms in total. The summed E-state index contributed by atoms with van der Waals surface area (Å²) in [6.07, 6.45) is 66.4. The number of unbranched alkanes of at least 4 members (excludes halogenated alkanes) is 21. The summed E-state index contributed by atoms with van der Waals surface area (Å²) in [6, 6.07) is 0. The molecule has 0 aromatic carbocycles. The van der Waals surface area contributed by atoms with E-state index in [-0.39, 0.29) is 37.5 Å². The van der Waals surface area contributed by atoms with Crippen LogP contribution in [0.3, 0.4) is 0 Å². The predicted molar refractivity (Wildman–Crippen MR) is 265 cm³/mol. The molecule has 0 rings (SSSR count). The average molecular weight is 859 g/mol. The number of allylic oxidation sites excluding steroid dienone is 18. The Hall–Kier alpha value is -3.93. The smallest absolute Gasteiger partial charge is 0.306 e. The predicted octanol–water partition coefficient (Wildman–Crippen LogP) is 16.4. The number of hydrogen-bond donors (Lipinski definition) is 0. The Bertz CT molecular complexity index is 1310. The van der Waals surface area contributed by atoms with Gasteiger partial charge in [-0.2, -0.15) is 0 Å². The standard InChI is InChI=1S/C56H90O6/c1-4-7-10-13-16-19-21-23-25-27-28-29-31-32-34-37-40-43-46-49-55(58)61-52-53(51-60-54(57)48-45-42-39-36-18-15-12-9-6-3)62-56(59)50-47-44-41-38-35-33-30-26-24-22-20-17-14-11-8-5-2/h7,10,13,16,19,21,23,25-35,53H,4-6,8-9,11-12,14-15,17-18,20,22,24,36-52H2,1-3H3/b10-7-,16-13-,21-19-,25-23-,28-27+,30-26-,31-29-,34-32-,35-33-. The van der Waals surface area contributed by atoms with Gasteiger partial charge in [0.1, 0.15) is 13.2 Å². The van der Waals surface area contributed by atoms with Gasteiger partial charge >= 0.3 is 17.9 Å². The van der Waals surface area contributed by atoms with Crippen molar-refractivity contribution in [3.05, 3.63) is 109 Å². The zero-order valence-electron chi connectivity index (χ0n) is 39.8. The summed E-state index contributed by atoms with van der Waals surface area (Å²) >= 11 is 0. The molecule has 0 radical (unpaired) electrons. The van der Waals surface area contributed by atoms with Crippen LogP contribution in [-0.4, -0.2) is 37.2 Å². The van der Waals surface area contributed by atoms with Gasteiger partial charge in [0.2, 0.25) is 0 Å². The Morgan fingerprint density at radius 3 is 1.02 bits per heavy atom. The lowest BCUT2D eigenvalue weighted by Crippen LogP contribution is -2.30. The first-order valence-corrected chi connectivity index (χ1v) is 25.0. The van der Waals surface area contributed by atoms with Crippen molar-refractivity contribution in [2.24, 2.45) is 0 Å². The molecule has 0 amide bonds. The van der Waals surface area contributed by atoms with E-state index in [4.69, 9.17) is 14.2 Å². The van der Waals surface area contributed by atoms with Crippen LogP contribution in [0.5, 0.6) is 0 Å². The minimum atomic E-state index is -0.810. The second-order valence-electron chi connectivity index (χ2n) is 16.2. The van der Waals surface area contributed by atoms with Crippen molar-refractivity contribution in [2.75, 3.05) is 13.2 Å². The quantitative estimate of drug-likeness (QED) is 0.0263. The van der Waals surface area contributed by atoms with Crippen molar-refractivity contribution < 1.29 is 28.6 Å². The lowest BCUT2D eigenvalue weighted by atomic mass is 10.1.